The Labute approximate surface area is 123 Å². The van der Waals surface area contributed by atoms with Crippen LogP contribution in [0.3, 0.4) is 0 Å². The second-order valence-corrected chi connectivity index (χ2v) is 7.82. The van der Waals surface area contributed by atoms with Crippen LogP contribution in [0.15, 0.2) is 30.3 Å². The van der Waals surface area contributed by atoms with Crippen molar-refractivity contribution in [3.05, 3.63) is 35.9 Å². The van der Waals surface area contributed by atoms with Crippen molar-refractivity contribution in [3.8, 4) is 0 Å². The van der Waals surface area contributed by atoms with E-state index in [4.69, 9.17) is 0 Å². The molecule has 0 amide bonds. The van der Waals surface area contributed by atoms with Crippen molar-refractivity contribution in [1.82, 2.24) is 5.32 Å². The fourth-order valence-corrected chi connectivity index (χ4v) is 3.30. The van der Waals surface area contributed by atoms with Gasteiger partial charge in [0.1, 0.15) is 9.84 Å². The van der Waals surface area contributed by atoms with Crippen LogP contribution in [0.1, 0.15) is 45.2 Å². The Balaban J connectivity index is 2.73. The maximum absolute atomic E-state index is 11.7. The number of nitrogens with one attached hydrogen (secondary N) is 1. The van der Waals surface area contributed by atoms with E-state index in [9.17, 15) is 8.42 Å². The molecule has 114 valence electrons. The van der Waals surface area contributed by atoms with E-state index >= 15 is 0 Å². The predicted molar refractivity (Wildman–Crippen MR) is 85.6 cm³/mol. The first-order valence-electron chi connectivity index (χ1n) is 7.49. The highest BCUT2D eigenvalue weighted by atomic mass is 32.2. The Morgan fingerprint density at radius 1 is 1.15 bits per heavy atom. The lowest BCUT2D eigenvalue weighted by Gasteiger charge is -2.25. The summed E-state index contributed by atoms with van der Waals surface area (Å²) in [5, 5.41) is 3.54. The SMILES string of the molecule is CCCNC(c1ccccc1)C(C)CCS(=O)(=O)CC. The predicted octanol–water partition coefficient (Wildman–Crippen LogP) is 3.19. The highest BCUT2D eigenvalue weighted by Gasteiger charge is 2.20. The van der Waals surface area contributed by atoms with Crippen LogP contribution in [0.4, 0.5) is 0 Å². The molecule has 2 atom stereocenters. The van der Waals surface area contributed by atoms with Gasteiger partial charge in [0.15, 0.2) is 0 Å². The molecule has 20 heavy (non-hydrogen) atoms. The van der Waals surface area contributed by atoms with Gasteiger partial charge in [0.2, 0.25) is 0 Å². The van der Waals surface area contributed by atoms with E-state index in [1.54, 1.807) is 6.92 Å². The first kappa shape index (κ1) is 17.2. The smallest absolute Gasteiger partial charge is 0.150 e. The minimum absolute atomic E-state index is 0.225. The summed E-state index contributed by atoms with van der Waals surface area (Å²) in [6.45, 7) is 6.93. The Morgan fingerprint density at radius 3 is 2.35 bits per heavy atom. The van der Waals surface area contributed by atoms with E-state index in [1.807, 2.05) is 18.2 Å². The monoisotopic (exact) mass is 297 g/mol. The van der Waals surface area contributed by atoms with Gasteiger partial charge in [-0.3, -0.25) is 0 Å². The minimum atomic E-state index is -2.88. The molecule has 0 spiro atoms. The highest BCUT2D eigenvalue weighted by molar-refractivity contribution is 7.91. The Hall–Kier alpha value is -0.870. The summed E-state index contributed by atoms with van der Waals surface area (Å²) in [4.78, 5) is 0. The summed E-state index contributed by atoms with van der Waals surface area (Å²) in [6, 6.07) is 10.5. The van der Waals surface area contributed by atoms with Crippen LogP contribution in [0.5, 0.6) is 0 Å². The minimum Gasteiger partial charge on any atom is -0.310 e. The summed E-state index contributed by atoms with van der Waals surface area (Å²) in [5.74, 6) is 0.810. The average Bonchev–Trinajstić information content (AvgIpc) is 2.47. The quantitative estimate of drug-likeness (QED) is 0.761. The van der Waals surface area contributed by atoms with E-state index in [2.05, 4.69) is 31.3 Å². The molecule has 0 fully saturated rings. The second-order valence-electron chi connectivity index (χ2n) is 5.34. The van der Waals surface area contributed by atoms with Crippen LogP contribution in [-0.2, 0) is 9.84 Å². The molecule has 0 aliphatic rings. The first-order valence-corrected chi connectivity index (χ1v) is 9.31. The van der Waals surface area contributed by atoms with Crippen LogP contribution >= 0.6 is 0 Å². The molecule has 1 rings (SSSR count). The number of hydrogen-bond donors (Lipinski definition) is 1. The molecule has 1 aromatic carbocycles. The highest BCUT2D eigenvalue weighted by Crippen LogP contribution is 2.25. The first-order chi connectivity index (χ1) is 9.50. The van der Waals surface area contributed by atoms with Gasteiger partial charge in [-0.05, 0) is 30.9 Å². The molecule has 3 nitrogen and oxygen atoms in total. The molecule has 0 saturated carbocycles. The lowest BCUT2D eigenvalue weighted by molar-refractivity contribution is 0.377. The summed E-state index contributed by atoms with van der Waals surface area (Å²) in [6.07, 6.45) is 1.77. The normalized spacial score (nSPS) is 14.9. The molecule has 1 N–H and O–H groups in total. The Kier molecular flexibility index (Phi) is 7.24. The van der Waals surface area contributed by atoms with E-state index in [-0.39, 0.29) is 17.5 Å². The van der Waals surface area contributed by atoms with Crippen molar-refractivity contribution in [1.29, 1.82) is 0 Å². The van der Waals surface area contributed by atoms with Crippen molar-refractivity contribution < 1.29 is 8.42 Å². The van der Waals surface area contributed by atoms with Crippen molar-refractivity contribution in [2.45, 2.75) is 39.7 Å². The lowest BCUT2D eigenvalue weighted by atomic mass is 9.92. The van der Waals surface area contributed by atoms with Crippen LogP contribution in [0.2, 0.25) is 0 Å². The molecular formula is C16H27NO2S. The number of benzene rings is 1. The van der Waals surface area contributed by atoms with Crippen LogP contribution in [0, 0.1) is 5.92 Å². The van der Waals surface area contributed by atoms with Gasteiger partial charge in [-0.1, -0.05) is 51.1 Å². The van der Waals surface area contributed by atoms with Crippen molar-refractivity contribution in [2.75, 3.05) is 18.1 Å². The lowest BCUT2D eigenvalue weighted by Crippen LogP contribution is -2.29. The number of rotatable bonds is 9. The molecule has 0 aliphatic carbocycles. The molecule has 0 aromatic heterocycles. The maximum atomic E-state index is 11.7. The molecule has 0 bridgehead atoms. The molecule has 1 aromatic rings. The molecule has 0 saturated heterocycles. The average molecular weight is 297 g/mol. The van der Waals surface area contributed by atoms with Crippen LogP contribution < -0.4 is 5.32 Å². The van der Waals surface area contributed by atoms with Gasteiger partial charge in [0.25, 0.3) is 0 Å². The Morgan fingerprint density at radius 2 is 1.80 bits per heavy atom. The molecular weight excluding hydrogens is 270 g/mol. The molecule has 2 unspecified atom stereocenters. The second kappa shape index (κ2) is 8.42. The van der Waals surface area contributed by atoms with Gasteiger partial charge in [0, 0.05) is 11.8 Å². The van der Waals surface area contributed by atoms with Gasteiger partial charge in [0.05, 0.1) is 5.75 Å². The summed E-state index contributed by atoms with van der Waals surface area (Å²) in [5.41, 5.74) is 1.24. The Bertz CT molecular complexity index is 471. The van der Waals surface area contributed by atoms with E-state index in [0.29, 0.717) is 12.3 Å². The fourth-order valence-electron chi connectivity index (χ4n) is 2.28. The van der Waals surface area contributed by atoms with E-state index in [1.165, 1.54) is 5.56 Å². The summed E-state index contributed by atoms with van der Waals surface area (Å²) in [7, 11) is -2.88. The largest absolute Gasteiger partial charge is 0.310 e. The summed E-state index contributed by atoms with van der Waals surface area (Å²) < 4.78 is 23.3. The fraction of sp³-hybridized carbons (Fsp3) is 0.625. The zero-order valence-corrected chi connectivity index (χ0v) is 13.6. The third-order valence-electron chi connectivity index (χ3n) is 3.67. The molecule has 0 heterocycles. The summed E-state index contributed by atoms with van der Waals surface area (Å²) >= 11 is 0. The van der Waals surface area contributed by atoms with Crippen molar-refractivity contribution >= 4 is 9.84 Å². The number of hydrogen-bond acceptors (Lipinski definition) is 3. The number of sulfone groups is 1. The zero-order valence-electron chi connectivity index (χ0n) is 12.8. The van der Waals surface area contributed by atoms with Gasteiger partial charge in [-0.2, -0.15) is 0 Å². The van der Waals surface area contributed by atoms with Gasteiger partial charge < -0.3 is 5.32 Å². The van der Waals surface area contributed by atoms with Gasteiger partial charge in [-0.15, -0.1) is 0 Å². The van der Waals surface area contributed by atoms with E-state index in [0.717, 1.165) is 13.0 Å². The van der Waals surface area contributed by atoms with Gasteiger partial charge in [-0.25, -0.2) is 8.42 Å². The van der Waals surface area contributed by atoms with E-state index < -0.39 is 9.84 Å². The molecule has 0 radical (unpaired) electrons. The third kappa shape index (κ3) is 5.63. The van der Waals surface area contributed by atoms with Crippen LogP contribution in [-0.4, -0.2) is 26.5 Å². The topological polar surface area (TPSA) is 46.2 Å². The molecule has 4 heteroatoms. The van der Waals surface area contributed by atoms with Crippen molar-refractivity contribution in [3.63, 3.8) is 0 Å². The standard InChI is InChI=1S/C16H27NO2S/c1-4-12-17-16(15-9-7-6-8-10-15)14(3)11-13-20(18,19)5-2/h6-10,14,16-17H,4-5,11-13H2,1-3H3. The third-order valence-corrected chi connectivity index (χ3v) is 5.40. The molecule has 0 aliphatic heterocycles. The van der Waals surface area contributed by atoms with Crippen molar-refractivity contribution in [2.24, 2.45) is 5.92 Å². The van der Waals surface area contributed by atoms with Crippen LogP contribution in [0.25, 0.3) is 0 Å². The zero-order chi connectivity index (χ0) is 15.0. The maximum Gasteiger partial charge on any atom is 0.150 e. The van der Waals surface area contributed by atoms with Gasteiger partial charge >= 0.3 is 0 Å².